The monoisotopic (exact) mass is 197 g/mol. The van der Waals surface area contributed by atoms with Crippen LogP contribution in [0.2, 0.25) is 12.6 Å². The van der Waals surface area contributed by atoms with Gasteiger partial charge in [0.15, 0.2) is 0 Å². The van der Waals surface area contributed by atoms with Gasteiger partial charge in [-0.25, -0.2) is 0 Å². The van der Waals surface area contributed by atoms with Gasteiger partial charge in [0.1, 0.15) is 7.28 Å². The highest BCUT2D eigenvalue weighted by Gasteiger charge is 2.22. The Bertz CT molecular complexity index is 136. The highest BCUT2D eigenvalue weighted by molar-refractivity contribution is 6.35. The lowest BCUT2D eigenvalue weighted by Crippen LogP contribution is -2.29. The summed E-state index contributed by atoms with van der Waals surface area (Å²) < 4.78 is 5.97. The molecule has 0 saturated carbocycles. The molecule has 2 heteroatoms. The lowest BCUT2D eigenvalue weighted by Gasteiger charge is -2.29. The van der Waals surface area contributed by atoms with Gasteiger partial charge < -0.3 is 4.74 Å². The summed E-state index contributed by atoms with van der Waals surface area (Å²) in [5.74, 6) is 0.635. The number of rotatable bonds is 8. The van der Waals surface area contributed by atoms with Crippen LogP contribution in [0.25, 0.3) is 0 Å². The molecule has 1 atom stereocenters. The molecule has 0 aromatic heterocycles. The molecule has 83 valence electrons. The first-order valence-corrected chi connectivity index (χ1v) is 5.99. The minimum absolute atomic E-state index is 0.0932. The Hall–Kier alpha value is 0.0249. The van der Waals surface area contributed by atoms with E-state index in [0.29, 0.717) is 5.92 Å². The maximum atomic E-state index is 5.97. The van der Waals surface area contributed by atoms with Crippen molar-refractivity contribution in [2.45, 2.75) is 65.7 Å². The van der Waals surface area contributed by atoms with Crippen LogP contribution in [0.1, 0.15) is 47.5 Å². The van der Waals surface area contributed by atoms with Gasteiger partial charge in [0.05, 0.1) is 5.60 Å². The van der Waals surface area contributed by atoms with Gasteiger partial charge >= 0.3 is 0 Å². The van der Waals surface area contributed by atoms with Gasteiger partial charge in [-0.15, -0.1) is 0 Å². The second kappa shape index (κ2) is 7.33. The predicted molar refractivity (Wildman–Crippen MR) is 65.1 cm³/mol. The Kier molecular flexibility index (Phi) is 7.35. The van der Waals surface area contributed by atoms with E-state index in [1.807, 2.05) is 0 Å². The quantitative estimate of drug-likeness (QED) is 0.425. The molecule has 0 bridgehead atoms. The molecule has 0 fully saturated rings. The van der Waals surface area contributed by atoms with E-state index in [2.05, 4.69) is 41.9 Å². The maximum Gasteiger partial charge on any atom is 0.109 e. The van der Waals surface area contributed by atoms with Crippen LogP contribution in [0.3, 0.4) is 0 Å². The van der Waals surface area contributed by atoms with Crippen molar-refractivity contribution in [2.24, 2.45) is 5.92 Å². The average molecular weight is 197 g/mol. The molecule has 0 aliphatic heterocycles. The van der Waals surface area contributed by atoms with Crippen molar-refractivity contribution >= 4 is 7.28 Å². The van der Waals surface area contributed by atoms with E-state index in [1.54, 1.807) is 0 Å². The largest absolute Gasteiger partial charge is 0.375 e. The lowest BCUT2D eigenvalue weighted by atomic mass is 9.68. The molecule has 1 radical (unpaired) electrons. The van der Waals surface area contributed by atoms with E-state index in [4.69, 9.17) is 4.74 Å². The number of ether oxygens (including phenoxy) is 1. The van der Waals surface area contributed by atoms with E-state index in [0.717, 1.165) is 19.4 Å². The minimum atomic E-state index is 0.0932. The van der Waals surface area contributed by atoms with Crippen LogP contribution >= 0.6 is 0 Å². The predicted octanol–water partition coefficient (Wildman–Crippen LogP) is 3.78. The molecule has 0 aliphatic carbocycles. The molecule has 0 N–H and O–H groups in total. The van der Waals surface area contributed by atoms with Gasteiger partial charge in [-0.3, -0.25) is 0 Å². The van der Waals surface area contributed by atoms with Gasteiger partial charge in [0.25, 0.3) is 0 Å². The smallest absolute Gasteiger partial charge is 0.109 e. The summed E-state index contributed by atoms with van der Waals surface area (Å²) in [6, 6.07) is 0. The van der Waals surface area contributed by atoms with Crippen molar-refractivity contribution in [2.75, 3.05) is 6.61 Å². The molecule has 1 nitrogen and oxygen atoms in total. The average Bonchev–Trinajstić information content (AvgIpc) is 2.15. The first-order chi connectivity index (χ1) is 6.54. The zero-order chi connectivity index (χ0) is 11.0. The Morgan fingerprint density at radius 2 is 1.93 bits per heavy atom. The fourth-order valence-electron chi connectivity index (χ4n) is 1.33. The van der Waals surface area contributed by atoms with E-state index < -0.39 is 0 Å². The van der Waals surface area contributed by atoms with Crippen molar-refractivity contribution in [1.82, 2.24) is 0 Å². The Morgan fingerprint density at radius 3 is 2.36 bits per heavy atom. The first kappa shape index (κ1) is 14.0. The maximum absolute atomic E-state index is 5.97. The molecule has 0 saturated heterocycles. The Morgan fingerprint density at radius 1 is 1.29 bits per heavy atom. The zero-order valence-corrected chi connectivity index (χ0v) is 10.6. The van der Waals surface area contributed by atoms with Gasteiger partial charge in [0, 0.05) is 6.61 Å². The highest BCUT2D eigenvalue weighted by atomic mass is 16.5. The first-order valence-electron chi connectivity index (χ1n) is 5.99. The molecule has 0 aromatic carbocycles. The van der Waals surface area contributed by atoms with Gasteiger partial charge in [-0.05, 0) is 25.7 Å². The fourth-order valence-corrected chi connectivity index (χ4v) is 1.33. The Labute approximate surface area is 90.9 Å². The second-order valence-corrected chi connectivity index (χ2v) is 4.74. The van der Waals surface area contributed by atoms with Crippen molar-refractivity contribution in [1.29, 1.82) is 0 Å². The summed E-state index contributed by atoms with van der Waals surface area (Å²) in [5, 5.41) is 0. The Balaban J connectivity index is 3.79. The van der Waals surface area contributed by atoms with Crippen molar-refractivity contribution in [3.8, 4) is 0 Å². The van der Waals surface area contributed by atoms with Crippen LogP contribution in [0, 0.1) is 5.92 Å². The van der Waals surface area contributed by atoms with Crippen molar-refractivity contribution < 1.29 is 4.74 Å². The number of hydrogen-bond acceptors (Lipinski definition) is 1. The third-order valence-electron chi connectivity index (χ3n) is 2.68. The van der Waals surface area contributed by atoms with E-state index in [9.17, 15) is 0 Å². The molecule has 1 unspecified atom stereocenters. The van der Waals surface area contributed by atoms with E-state index >= 15 is 0 Å². The summed E-state index contributed by atoms with van der Waals surface area (Å²) in [7, 11) is 2.34. The molecule has 0 amide bonds. The highest BCUT2D eigenvalue weighted by Crippen LogP contribution is 2.22. The third-order valence-corrected chi connectivity index (χ3v) is 2.68. The molecular formula is C12H26BO. The topological polar surface area (TPSA) is 9.23 Å². The summed E-state index contributed by atoms with van der Waals surface area (Å²) in [6.45, 7) is 11.9. The van der Waals surface area contributed by atoms with Crippen molar-refractivity contribution in [3.05, 3.63) is 0 Å². The van der Waals surface area contributed by atoms with Gasteiger partial charge in [-0.2, -0.15) is 0 Å². The SMILES string of the molecule is CC[B]CCC(C)(CC)OCC(C)C. The third kappa shape index (κ3) is 6.47. The van der Waals surface area contributed by atoms with Crippen LogP contribution in [0.15, 0.2) is 0 Å². The molecule has 0 spiro atoms. The lowest BCUT2D eigenvalue weighted by molar-refractivity contribution is -0.0487. The number of hydrogen-bond donors (Lipinski definition) is 0. The molecule has 14 heavy (non-hydrogen) atoms. The van der Waals surface area contributed by atoms with E-state index in [1.165, 1.54) is 12.6 Å². The van der Waals surface area contributed by atoms with Crippen LogP contribution in [-0.2, 0) is 4.74 Å². The molecule has 0 aromatic rings. The standard InChI is InChI=1S/C12H26BO/c1-6-12(5,8-9-13-7-2)14-10-11(3)4/h11H,6-10H2,1-5H3. The molecule has 0 rings (SSSR count). The van der Waals surface area contributed by atoms with Crippen molar-refractivity contribution in [3.63, 3.8) is 0 Å². The normalized spacial score (nSPS) is 15.6. The summed E-state index contributed by atoms with van der Waals surface area (Å²) in [6.07, 6.45) is 4.62. The zero-order valence-electron chi connectivity index (χ0n) is 10.6. The summed E-state index contributed by atoms with van der Waals surface area (Å²) in [4.78, 5) is 0. The molecular weight excluding hydrogens is 171 g/mol. The summed E-state index contributed by atoms with van der Waals surface area (Å²) >= 11 is 0. The minimum Gasteiger partial charge on any atom is -0.375 e. The van der Waals surface area contributed by atoms with Gasteiger partial charge in [-0.1, -0.05) is 40.3 Å². The van der Waals surface area contributed by atoms with Crippen LogP contribution in [0.5, 0.6) is 0 Å². The van der Waals surface area contributed by atoms with Crippen LogP contribution in [0.4, 0.5) is 0 Å². The summed E-state index contributed by atoms with van der Waals surface area (Å²) in [5.41, 5.74) is 0.0932. The van der Waals surface area contributed by atoms with Crippen LogP contribution < -0.4 is 0 Å². The fraction of sp³-hybridized carbons (Fsp3) is 1.00. The van der Waals surface area contributed by atoms with E-state index in [-0.39, 0.29) is 5.60 Å². The van der Waals surface area contributed by atoms with Gasteiger partial charge in [0.2, 0.25) is 0 Å². The van der Waals surface area contributed by atoms with Crippen LogP contribution in [-0.4, -0.2) is 19.5 Å². The second-order valence-electron chi connectivity index (χ2n) is 4.74. The molecule has 0 heterocycles. The molecule has 0 aliphatic rings.